The van der Waals surface area contributed by atoms with Gasteiger partial charge < -0.3 is 5.32 Å². The summed E-state index contributed by atoms with van der Waals surface area (Å²) in [6.07, 6.45) is 1.88. The zero-order valence-corrected chi connectivity index (χ0v) is 10.5. The second-order valence-corrected chi connectivity index (χ2v) is 5.50. The summed E-state index contributed by atoms with van der Waals surface area (Å²) in [6.45, 7) is 12.8. The van der Waals surface area contributed by atoms with E-state index in [1.807, 2.05) is 6.20 Å². The van der Waals surface area contributed by atoms with E-state index in [9.17, 15) is 0 Å². The highest BCUT2D eigenvalue weighted by atomic mass is 15.3. The minimum atomic E-state index is 0.160. The van der Waals surface area contributed by atoms with Gasteiger partial charge in [-0.1, -0.05) is 13.8 Å². The summed E-state index contributed by atoms with van der Waals surface area (Å²) in [6, 6.07) is 2.08. The van der Waals surface area contributed by atoms with Crippen molar-refractivity contribution >= 4 is 0 Å². The first kappa shape index (κ1) is 12.2. The normalized spacial score (nSPS) is 12.4. The van der Waals surface area contributed by atoms with Crippen LogP contribution in [0.25, 0.3) is 0 Å². The van der Waals surface area contributed by atoms with E-state index in [2.05, 4.69) is 55.8 Å². The first-order valence-corrected chi connectivity index (χ1v) is 5.64. The van der Waals surface area contributed by atoms with Gasteiger partial charge in [-0.05, 0) is 32.8 Å². The number of aromatic nitrogens is 2. The predicted octanol–water partition coefficient (Wildman–Crippen LogP) is 2.43. The highest BCUT2D eigenvalue weighted by Gasteiger charge is 2.10. The van der Waals surface area contributed by atoms with Gasteiger partial charge in [0, 0.05) is 24.8 Å². The third-order valence-electron chi connectivity index (χ3n) is 2.14. The molecule has 0 bridgehead atoms. The lowest BCUT2D eigenvalue weighted by Gasteiger charge is -2.21. The molecular formula is C12H23N3. The third kappa shape index (κ3) is 4.47. The van der Waals surface area contributed by atoms with Crippen molar-refractivity contribution in [1.29, 1.82) is 0 Å². The fourth-order valence-corrected chi connectivity index (χ4v) is 1.38. The van der Waals surface area contributed by atoms with E-state index in [0.29, 0.717) is 5.92 Å². The summed E-state index contributed by atoms with van der Waals surface area (Å²) in [4.78, 5) is 0. The molecule has 3 nitrogen and oxygen atoms in total. The Morgan fingerprint density at radius 3 is 2.60 bits per heavy atom. The Labute approximate surface area is 92.9 Å². The Hall–Kier alpha value is -0.830. The van der Waals surface area contributed by atoms with Gasteiger partial charge in [-0.2, -0.15) is 5.10 Å². The van der Waals surface area contributed by atoms with Gasteiger partial charge in [-0.25, -0.2) is 0 Å². The Morgan fingerprint density at radius 1 is 1.40 bits per heavy atom. The molecule has 0 aliphatic heterocycles. The summed E-state index contributed by atoms with van der Waals surface area (Å²) in [7, 11) is 0. The van der Waals surface area contributed by atoms with E-state index in [4.69, 9.17) is 0 Å². The van der Waals surface area contributed by atoms with Gasteiger partial charge in [0.05, 0.1) is 5.69 Å². The molecule has 0 aromatic carbocycles. The molecule has 0 fully saturated rings. The molecular weight excluding hydrogens is 186 g/mol. The number of hydrogen-bond donors (Lipinski definition) is 1. The molecule has 0 radical (unpaired) electrons. The van der Waals surface area contributed by atoms with E-state index in [-0.39, 0.29) is 5.54 Å². The second kappa shape index (κ2) is 4.79. The first-order chi connectivity index (χ1) is 6.88. The van der Waals surface area contributed by atoms with Crippen molar-refractivity contribution in [2.75, 3.05) is 0 Å². The van der Waals surface area contributed by atoms with Crippen LogP contribution in [0.1, 0.15) is 40.3 Å². The lowest BCUT2D eigenvalue weighted by atomic mass is 10.1. The molecule has 86 valence electrons. The molecule has 1 aromatic rings. The molecule has 0 aliphatic carbocycles. The number of hydrogen-bond acceptors (Lipinski definition) is 2. The topological polar surface area (TPSA) is 29.9 Å². The van der Waals surface area contributed by atoms with E-state index in [1.165, 1.54) is 5.69 Å². The minimum absolute atomic E-state index is 0.160. The quantitative estimate of drug-likeness (QED) is 0.825. The van der Waals surface area contributed by atoms with Gasteiger partial charge in [-0.3, -0.25) is 4.68 Å². The van der Waals surface area contributed by atoms with E-state index < -0.39 is 0 Å². The van der Waals surface area contributed by atoms with Crippen LogP contribution in [0.5, 0.6) is 0 Å². The van der Waals surface area contributed by atoms with Crippen LogP contribution in [0.3, 0.4) is 0 Å². The fraction of sp³-hybridized carbons (Fsp3) is 0.750. The molecule has 0 unspecified atom stereocenters. The van der Waals surface area contributed by atoms with Crippen molar-refractivity contribution in [3.8, 4) is 0 Å². The zero-order chi connectivity index (χ0) is 11.5. The van der Waals surface area contributed by atoms with Crippen molar-refractivity contribution in [2.45, 2.75) is 53.2 Å². The summed E-state index contributed by atoms with van der Waals surface area (Å²) >= 11 is 0. The SMILES string of the molecule is CC(C)Cn1nccc1CNC(C)(C)C. The van der Waals surface area contributed by atoms with Crippen LogP contribution in [0.4, 0.5) is 0 Å². The van der Waals surface area contributed by atoms with Crippen LogP contribution in [0.2, 0.25) is 0 Å². The Kier molecular flexibility index (Phi) is 3.91. The lowest BCUT2D eigenvalue weighted by Crippen LogP contribution is -2.35. The lowest BCUT2D eigenvalue weighted by molar-refractivity contribution is 0.401. The minimum Gasteiger partial charge on any atom is -0.306 e. The van der Waals surface area contributed by atoms with Crippen LogP contribution in [0, 0.1) is 5.92 Å². The molecule has 1 aromatic heterocycles. The molecule has 0 amide bonds. The Morgan fingerprint density at radius 2 is 2.07 bits per heavy atom. The standard InChI is InChI=1S/C12H23N3/c1-10(2)9-15-11(6-7-14-15)8-13-12(3,4)5/h6-7,10,13H,8-9H2,1-5H3. The monoisotopic (exact) mass is 209 g/mol. The summed E-state index contributed by atoms with van der Waals surface area (Å²) < 4.78 is 2.09. The molecule has 1 N–H and O–H groups in total. The molecule has 1 heterocycles. The maximum absolute atomic E-state index is 4.33. The molecule has 0 saturated heterocycles. The van der Waals surface area contributed by atoms with E-state index in [0.717, 1.165) is 13.1 Å². The van der Waals surface area contributed by atoms with Crippen molar-refractivity contribution in [3.05, 3.63) is 18.0 Å². The second-order valence-electron chi connectivity index (χ2n) is 5.50. The largest absolute Gasteiger partial charge is 0.306 e. The summed E-state index contributed by atoms with van der Waals surface area (Å²) in [5.74, 6) is 0.637. The highest BCUT2D eigenvalue weighted by molar-refractivity contribution is 5.00. The molecule has 0 aliphatic rings. The van der Waals surface area contributed by atoms with Crippen LogP contribution in [0.15, 0.2) is 12.3 Å². The Balaban J connectivity index is 2.57. The van der Waals surface area contributed by atoms with Gasteiger partial charge in [0.2, 0.25) is 0 Å². The van der Waals surface area contributed by atoms with Gasteiger partial charge in [0.15, 0.2) is 0 Å². The van der Waals surface area contributed by atoms with Gasteiger partial charge in [-0.15, -0.1) is 0 Å². The molecule has 1 rings (SSSR count). The summed E-state index contributed by atoms with van der Waals surface area (Å²) in [5.41, 5.74) is 1.42. The maximum Gasteiger partial charge on any atom is 0.0522 e. The van der Waals surface area contributed by atoms with Gasteiger partial charge in [0.1, 0.15) is 0 Å². The average Bonchev–Trinajstić information content (AvgIpc) is 2.46. The summed E-state index contributed by atoms with van der Waals surface area (Å²) in [5, 5.41) is 7.81. The third-order valence-corrected chi connectivity index (χ3v) is 2.14. The number of rotatable bonds is 4. The highest BCUT2D eigenvalue weighted by Crippen LogP contribution is 2.06. The molecule has 15 heavy (non-hydrogen) atoms. The Bertz CT molecular complexity index is 294. The maximum atomic E-state index is 4.33. The number of nitrogens with zero attached hydrogens (tertiary/aromatic N) is 2. The van der Waals surface area contributed by atoms with Crippen LogP contribution in [-0.4, -0.2) is 15.3 Å². The molecule has 3 heteroatoms. The van der Waals surface area contributed by atoms with E-state index in [1.54, 1.807) is 0 Å². The number of nitrogens with one attached hydrogen (secondary N) is 1. The van der Waals surface area contributed by atoms with Crippen molar-refractivity contribution in [3.63, 3.8) is 0 Å². The zero-order valence-electron chi connectivity index (χ0n) is 10.5. The average molecular weight is 209 g/mol. The molecule has 0 saturated carbocycles. The van der Waals surface area contributed by atoms with Crippen LogP contribution < -0.4 is 5.32 Å². The van der Waals surface area contributed by atoms with Crippen LogP contribution in [-0.2, 0) is 13.1 Å². The predicted molar refractivity (Wildman–Crippen MR) is 63.7 cm³/mol. The molecule has 0 spiro atoms. The van der Waals surface area contributed by atoms with Crippen molar-refractivity contribution < 1.29 is 0 Å². The smallest absolute Gasteiger partial charge is 0.0522 e. The van der Waals surface area contributed by atoms with Gasteiger partial charge in [0.25, 0.3) is 0 Å². The van der Waals surface area contributed by atoms with Crippen molar-refractivity contribution in [2.24, 2.45) is 5.92 Å². The van der Waals surface area contributed by atoms with Crippen LogP contribution >= 0.6 is 0 Å². The fourth-order valence-electron chi connectivity index (χ4n) is 1.38. The first-order valence-electron chi connectivity index (χ1n) is 5.64. The van der Waals surface area contributed by atoms with Crippen molar-refractivity contribution in [1.82, 2.24) is 15.1 Å². The molecule has 0 atom stereocenters. The van der Waals surface area contributed by atoms with Gasteiger partial charge >= 0.3 is 0 Å². The van der Waals surface area contributed by atoms with E-state index >= 15 is 0 Å².